The third-order valence-corrected chi connectivity index (χ3v) is 5.22. The summed E-state index contributed by atoms with van der Waals surface area (Å²) in [7, 11) is 0. The molecule has 0 radical (unpaired) electrons. The van der Waals surface area contributed by atoms with Crippen LogP contribution in [-0.4, -0.2) is 23.2 Å². The lowest BCUT2D eigenvalue weighted by Crippen LogP contribution is -2.43. The lowest BCUT2D eigenvalue weighted by Gasteiger charge is -2.25. The van der Waals surface area contributed by atoms with Crippen LogP contribution in [-0.2, 0) is 4.79 Å². The molecule has 26 heavy (non-hydrogen) atoms. The molecule has 0 heterocycles. The Bertz CT molecular complexity index is 315. The SMILES string of the molecule is CCCCCCCCCCCCCCCCCC(=O)NC(C)(C)CCO. The van der Waals surface area contributed by atoms with E-state index in [1.165, 1.54) is 83.5 Å². The van der Waals surface area contributed by atoms with E-state index < -0.39 is 0 Å². The standard InChI is InChI=1S/C23H47NO2/c1-4-5-6-7-8-9-10-11-12-13-14-15-16-17-18-19-22(26)24-23(2,3)20-21-25/h25H,4-21H2,1-3H3,(H,24,26). The van der Waals surface area contributed by atoms with E-state index >= 15 is 0 Å². The minimum atomic E-state index is -0.290. The van der Waals surface area contributed by atoms with E-state index in [9.17, 15) is 4.79 Å². The molecule has 0 aliphatic carbocycles. The van der Waals surface area contributed by atoms with Gasteiger partial charge in [-0.1, -0.05) is 96.8 Å². The molecule has 3 heteroatoms. The van der Waals surface area contributed by atoms with Crippen molar-refractivity contribution in [1.29, 1.82) is 0 Å². The molecule has 0 aromatic rings. The van der Waals surface area contributed by atoms with E-state index in [2.05, 4.69) is 12.2 Å². The normalized spacial score (nSPS) is 11.7. The Morgan fingerprint density at radius 3 is 1.50 bits per heavy atom. The topological polar surface area (TPSA) is 49.3 Å². The smallest absolute Gasteiger partial charge is 0.220 e. The van der Waals surface area contributed by atoms with Crippen LogP contribution < -0.4 is 5.32 Å². The molecule has 2 N–H and O–H groups in total. The molecule has 0 saturated heterocycles. The third-order valence-electron chi connectivity index (χ3n) is 5.22. The van der Waals surface area contributed by atoms with Crippen LogP contribution in [0, 0.1) is 0 Å². The highest BCUT2D eigenvalue weighted by Gasteiger charge is 2.18. The van der Waals surface area contributed by atoms with Crippen molar-refractivity contribution in [3.8, 4) is 0 Å². The van der Waals surface area contributed by atoms with Gasteiger partial charge in [0.15, 0.2) is 0 Å². The molecule has 1 amide bonds. The maximum atomic E-state index is 11.9. The fraction of sp³-hybridized carbons (Fsp3) is 0.957. The molecule has 0 aromatic carbocycles. The summed E-state index contributed by atoms with van der Waals surface area (Å²) in [5.74, 6) is 0.123. The minimum absolute atomic E-state index is 0.117. The molecule has 0 saturated carbocycles. The van der Waals surface area contributed by atoms with Crippen molar-refractivity contribution in [2.45, 2.75) is 135 Å². The lowest BCUT2D eigenvalue weighted by molar-refractivity contribution is -0.122. The molecular weight excluding hydrogens is 322 g/mol. The van der Waals surface area contributed by atoms with Gasteiger partial charge in [-0.2, -0.15) is 0 Å². The molecule has 0 rings (SSSR count). The van der Waals surface area contributed by atoms with Crippen LogP contribution in [0.3, 0.4) is 0 Å². The zero-order chi connectivity index (χ0) is 19.5. The lowest BCUT2D eigenvalue weighted by atomic mass is 10.0. The van der Waals surface area contributed by atoms with Gasteiger partial charge in [-0.05, 0) is 26.7 Å². The molecule has 156 valence electrons. The second-order valence-electron chi connectivity index (χ2n) is 8.61. The molecule has 0 aromatic heterocycles. The van der Waals surface area contributed by atoms with Crippen molar-refractivity contribution in [2.75, 3.05) is 6.61 Å². The highest BCUT2D eigenvalue weighted by atomic mass is 16.3. The van der Waals surface area contributed by atoms with E-state index in [4.69, 9.17) is 5.11 Å². The van der Waals surface area contributed by atoms with Crippen LogP contribution in [0.1, 0.15) is 130 Å². The van der Waals surface area contributed by atoms with Crippen molar-refractivity contribution >= 4 is 5.91 Å². The first-order chi connectivity index (χ1) is 12.5. The summed E-state index contributed by atoms with van der Waals surface area (Å²) in [5, 5.41) is 12.0. The number of nitrogens with one attached hydrogen (secondary N) is 1. The molecule has 0 aliphatic heterocycles. The number of carbonyl (C=O) groups excluding carboxylic acids is 1. The number of rotatable bonds is 19. The maximum Gasteiger partial charge on any atom is 0.220 e. The van der Waals surface area contributed by atoms with Crippen LogP contribution >= 0.6 is 0 Å². The van der Waals surface area contributed by atoms with Gasteiger partial charge in [0.2, 0.25) is 5.91 Å². The number of hydrogen-bond acceptors (Lipinski definition) is 2. The van der Waals surface area contributed by atoms with Gasteiger partial charge in [0, 0.05) is 18.6 Å². The number of aliphatic hydroxyl groups excluding tert-OH is 1. The van der Waals surface area contributed by atoms with Gasteiger partial charge in [-0.3, -0.25) is 4.79 Å². The predicted molar refractivity (Wildman–Crippen MR) is 113 cm³/mol. The largest absolute Gasteiger partial charge is 0.396 e. The van der Waals surface area contributed by atoms with E-state index in [-0.39, 0.29) is 18.1 Å². The molecule has 0 atom stereocenters. The highest BCUT2D eigenvalue weighted by Crippen LogP contribution is 2.14. The first kappa shape index (κ1) is 25.4. The Balaban J connectivity index is 3.25. The van der Waals surface area contributed by atoms with Crippen LogP contribution in [0.5, 0.6) is 0 Å². The Morgan fingerprint density at radius 2 is 1.12 bits per heavy atom. The molecule has 0 fully saturated rings. The summed E-state index contributed by atoms with van der Waals surface area (Å²) in [6.07, 6.45) is 21.4. The van der Waals surface area contributed by atoms with Crippen LogP contribution in [0.4, 0.5) is 0 Å². The van der Waals surface area contributed by atoms with Gasteiger partial charge in [-0.25, -0.2) is 0 Å². The Hall–Kier alpha value is -0.570. The monoisotopic (exact) mass is 369 g/mol. The first-order valence-electron chi connectivity index (χ1n) is 11.4. The van der Waals surface area contributed by atoms with Crippen molar-refractivity contribution in [3.63, 3.8) is 0 Å². The van der Waals surface area contributed by atoms with E-state index in [0.717, 1.165) is 12.8 Å². The van der Waals surface area contributed by atoms with Gasteiger partial charge in [0.05, 0.1) is 0 Å². The van der Waals surface area contributed by atoms with E-state index in [0.29, 0.717) is 12.8 Å². The zero-order valence-electron chi connectivity index (χ0n) is 18.1. The average molecular weight is 370 g/mol. The zero-order valence-corrected chi connectivity index (χ0v) is 18.1. The Morgan fingerprint density at radius 1 is 0.731 bits per heavy atom. The fourth-order valence-corrected chi connectivity index (χ4v) is 3.44. The highest BCUT2D eigenvalue weighted by molar-refractivity contribution is 5.76. The minimum Gasteiger partial charge on any atom is -0.396 e. The summed E-state index contributed by atoms with van der Waals surface area (Å²) >= 11 is 0. The van der Waals surface area contributed by atoms with E-state index in [1.807, 2.05) is 13.8 Å². The van der Waals surface area contributed by atoms with Gasteiger partial charge in [0.25, 0.3) is 0 Å². The number of carbonyl (C=O) groups is 1. The fourth-order valence-electron chi connectivity index (χ4n) is 3.44. The van der Waals surface area contributed by atoms with Crippen molar-refractivity contribution in [3.05, 3.63) is 0 Å². The summed E-state index contributed by atoms with van der Waals surface area (Å²) in [5.41, 5.74) is -0.290. The van der Waals surface area contributed by atoms with Crippen molar-refractivity contribution in [2.24, 2.45) is 0 Å². The molecule has 0 bridgehead atoms. The summed E-state index contributed by atoms with van der Waals surface area (Å²) in [6.45, 7) is 6.33. The number of hydrogen-bond donors (Lipinski definition) is 2. The summed E-state index contributed by atoms with van der Waals surface area (Å²) in [4.78, 5) is 11.9. The molecule has 0 aliphatic rings. The number of amides is 1. The average Bonchev–Trinajstić information content (AvgIpc) is 2.57. The molecule has 0 spiro atoms. The van der Waals surface area contributed by atoms with Crippen LogP contribution in [0.15, 0.2) is 0 Å². The Labute approximate surface area is 163 Å². The van der Waals surface area contributed by atoms with E-state index in [1.54, 1.807) is 0 Å². The van der Waals surface area contributed by atoms with Crippen LogP contribution in [0.2, 0.25) is 0 Å². The maximum absolute atomic E-state index is 11.9. The predicted octanol–water partition coefficient (Wildman–Crippen LogP) is 6.53. The second-order valence-corrected chi connectivity index (χ2v) is 8.61. The van der Waals surface area contributed by atoms with Crippen molar-refractivity contribution in [1.82, 2.24) is 5.32 Å². The summed E-state index contributed by atoms with van der Waals surface area (Å²) < 4.78 is 0. The number of aliphatic hydroxyl groups is 1. The molecule has 0 unspecified atom stereocenters. The summed E-state index contributed by atoms with van der Waals surface area (Å²) in [6, 6.07) is 0. The second kappa shape index (κ2) is 17.8. The Kier molecular flexibility index (Phi) is 17.4. The van der Waals surface area contributed by atoms with Gasteiger partial charge < -0.3 is 10.4 Å². The molecule has 3 nitrogen and oxygen atoms in total. The van der Waals surface area contributed by atoms with Gasteiger partial charge in [0.1, 0.15) is 0 Å². The van der Waals surface area contributed by atoms with Gasteiger partial charge in [-0.15, -0.1) is 0 Å². The van der Waals surface area contributed by atoms with Crippen LogP contribution in [0.25, 0.3) is 0 Å². The quantitative estimate of drug-likeness (QED) is 0.254. The molecular formula is C23H47NO2. The van der Waals surface area contributed by atoms with Crippen molar-refractivity contribution < 1.29 is 9.90 Å². The first-order valence-corrected chi connectivity index (χ1v) is 11.4. The van der Waals surface area contributed by atoms with Gasteiger partial charge >= 0.3 is 0 Å². The third kappa shape index (κ3) is 18.2. The number of unbranched alkanes of at least 4 members (excludes halogenated alkanes) is 14.